The van der Waals surface area contributed by atoms with Crippen LogP contribution in [0.15, 0.2) is 67.0 Å². The fourth-order valence-electron chi connectivity index (χ4n) is 5.67. The highest BCUT2D eigenvalue weighted by atomic mass is 16.5. The lowest BCUT2D eigenvalue weighted by Crippen LogP contribution is -2.47. The standard InChI is InChI=1S/C34H41N7O4/c1-6-41-28-13-12-25(22-29(28)39(5)32(43)34(2,3)33(41)44)45-21-9-18-40(23-24-14-16-35-17-15-24)20-19-38(4)31(42)30-26-10-7-8-11-27(26)36-37-30/h7-8,10-17,22H,6,9,18-21,23H2,1-5H3,(H,36,37). The van der Waals surface area contributed by atoms with E-state index in [4.69, 9.17) is 4.74 Å². The fraction of sp³-hybridized carbons (Fsp3) is 0.382. The van der Waals surface area contributed by atoms with Gasteiger partial charge in [0.05, 0.1) is 23.5 Å². The monoisotopic (exact) mass is 611 g/mol. The molecule has 0 unspecified atom stereocenters. The molecule has 0 spiro atoms. The van der Waals surface area contributed by atoms with Crippen molar-refractivity contribution in [1.29, 1.82) is 0 Å². The zero-order chi connectivity index (χ0) is 32.1. The van der Waals surface area contributed by atoms with E-state index in [2.05, 4.69) is 20.1 Å². The lowest BCUT2D eigenvalue weighted by Gasteiger charge is -2.27. The first-order valence-electron chi connectivity index (χ1n) is 15.3. The van der Waals surface area contributed by atoms with E-state index in [0.717, 1.165) is 29.4 Å². The number of likely N-dealkylation sites (N-methyl/N-ethyl adjacent to an activating group) is 1. The number of hydrogen-bond acceptors (Lipinski definition) is 7. The SMILES string of the molecule is CCN1C(=O)C(C)(C)C(=O)N(C)c2cc(OCCCN(CCN(C)C(=O)c3n[nH]c4ccccc34)Cc3ccncc3)ccc21. The number of H-pyrrole nitrogens is 1. The second-order valence-corrected chi connectivity index (χ2v) is 11.9. The summed E-state index contributed by atoms with van der Waals surface area (Å²) in [6.45, 7) is 8.80. The average Bonchev–Trinajstić information content (AvgIpc) is 3.47. The second-order valence-electron chi connectivity index (χ2n) is 11.9. The summed E-state index contributed by atoms with van der Waals surface area (Å²) in [5.41, 5.74) is 2.57. The number of ether oxygens (including phenoxy) is 1. The summed E-state index contributed by atoms with van der Waals surface area (Å²) in [6.07, 6.45) is 4.30. The third-order valence-electron chi connectivity index (χ3n) is 8.35. The number of rotatable bonds is 12. The van der Waals surface area contributed by atoms with Crippen LogP contribution in [0.4, 0.5) is 11.4 Å². The van der Waals surface area contributed by atoms with E-state index in [1.165, 1.54) is 0 Å². The zero-order valence-corrected chi connectivity index (χ0v) is 26.6. The van der Waals surface area contributed by atoms with Gasteiger partial charge < -0.3 is 19.4 Å². The number of nitrogens with zero attached hydrogens (tertiary/aromatic N) is 6. The molecule has 0 fully saturated rings. The second kappa shape index (κ2) is 13.5. The number of hydrogen-bond donors (Lipinski definition) is 1. The summed E-state index contributed by atoms with van der Waals surface area (Å²) in [7, 11) is 3.50. The van der Waals surface area contributed by atoms with Crippen molar-refractivity contribution in [3.63, 3.8) is 0 Å². The van der Waals surface area contributed by atoms with Crippen molar-refractivity contribution in [3.05, 3.63) is 78.2 Å². The molecule has 1 aliphatic rings. The van der Waals surface area contributed by atoms with Gasteiger partial charge in [-0.15, -0.1) is 0 Å². The van der Waals surface area contributed by atoms with Gasteiger partial charge in [-0.1, -0.05) is 18.2 Å². The van der Waals surface area contributed by atoms with Crippen LogP contribution in [0.25, 0.3) is 10.9 Å². The minimum Gasteiger partial charge on any atom is -0.493 e. The Labute approximate surface area is 263 Å². The Hall–Kier alpha value is -4.77. The van der Waals surface area contributed by atoms with Crippen molar-refractivity contribution in [2.24, 2.45) is 5.41 Å². The van der Waals surface area contributed by atoms with Crippen LogP contribution in [-0.2, 0) is 16.1 Å². The lowest BCUT2D eigenvalue weighted by atomic mass is 9.90. The van der Waals surface area contributed by atoms with E-state index >= 15 is 0 Å². The molecule has 11 heteroatoms. The first-order chi connectivity index (χ1) is 21.6. The maximum Gasteiger partial charge on any atom is 0.274 e. The first-order valence-corrected chi connectivity index (χ1v) is 15.3. The molecule has 0 bridgehead atoms. The highest BCUT2D eigenvalue weighted by Crippen LogP contribution is 2.40. The molecule has 236 valence electrons. The molecule has 0 radical (unpaired) electrons. The smallest absolute Gasteiger partial charge is 0.274 e. The van der Waals surface area contributed by atoms with Crippen LogP contribution < -0.4 is 14.5 Å². The summed E-state index contributed by atoms with van der Waals surface area (Å²) in [4.78, 5) is 50.9. The third-order valence-corrected chi connectivity index (χ3v) is 8.35. The molecule has 5 rings (SSSR count). The van der Waals surface area contributed by atoms with Crippen molar-refractivity contribution < 1.29 is 19.1 Å². The molecule has 2 aromatic carbocycles. The molecule has 0 atom stereocenters. The predicted octanol–water partition coefficient (Wildman–Crippen LogP) is 4.36. The van der Waals surface area contributed by atoms with E-state index < -0.39 is 5.41 Å². The largest absolute Gasteiger partial charge is 0.493 e. The van der Waals surface area contributed by atoms with Gasteiger partial charge in [-0.05, 0) is 63.1 Å². The van der Waals surface area contributed by atoms with Crippen LogP contribution in [0, 0.1) is 5.41 Å². The molecule has 4 aromatic rings. The average molecular weight is 612 g/mol. The Morgan fingerprint density at radius 1 is 0.978 bits per heavy atom. The van der Waals surface area contributed by atoms with E-state index in [1.54, 1.807) is 55.0 Å². The molecule has 0 aliphatic carbocycles. The number of nitrogens with one attached hydrogen (secondary N) is 1. The molecule has 11 nitrogen and oxygen atoms in total. The van der Waals surface area contributed by atoms with Crippen LogP contribution in [0.2, 0.25) is 0 Å². The quantitative estimate of drug-likeness (QED) is 0.187. The van der Waals surface area contributed by atoms with Gasteiger partial charge in [-0.3, -0.25) is 29.4 Å². The van der Waals surface area contributed by atoms with Crippen molar-refractivity contribution in [3.8, 4) is 5.75 Å². The Morgan fingerprint density at radius 2 is 1.73 bits per heavy atom. The van der Waals surface area contributed by atoms with Crippen LogP contribution >= 0.6 is 0 Å². The number of fused-ring (bicyclic) bond motifs is 2. The summed E-state index contributed by atoms with van der Waals surface area (Å²) in [5.74, 6) is 0.0398. The number of carbonyl (C=O) groups excluding carboxylic acids is 3. The number of carbonyl (C=O) groups is 3. The number of para-hydroxylation sites is 1. The highest BCUT2D eigenvalue weighted by molar-refractivity contribution is 6.20. The molecule has 3 amide bonds. The Kier molecular flexibility index (Phi) is 9.48. The molecule has 3 heterocycles. The van der Waals surface area contributed by atoms with Gasteiger partial charge in [0.15, 0.2) is 5.69 Å². The number of aromatic amines is 1. The van der Waals surface area contributed by atoms with Gasteiger partial charge in [-0.2, -0.15) is 5.10 Å². The lowest BCUT2D eigenvalue weighted by molar-refractivity contribution is -0.137. The predicted molar refractivity (Wildman–Crippen MR) is 174 cm³/mol. The van der Waals surface area contributed by atoms with E-state index in [-0.39, 0.29) is 17.7 Å². The summed E-state index contributed by atoms with van der Waals surface area (Å²) >= 11 is 0. The minimum absolute atomic E-state index is 0.127. The Morgan fingerprint density at radius 3 is 2.49 bits per heavy atom. The van der Waals surface area contributed by atoms with E-state index in [0.29, 0.717) is 55.6 Å². The number of aromatic nitrogens is 3. The van der Waals surface area contributed by atoms with Gasteiger partial charge in [0, 0.05) is 70.7 Å². The zero-order valence-electron chi connectivity index (χ0n) is 26.6. The van der Waals surface area contributed by atoms with Gasteiger partial charge in [0.1, 0.15) is 11.2 Å². The van der Waals surface area contributed by atoms with Gasteiger partial charge in [0.2, 0.25) is 11.8 Å². The number of anilines is 2. The third kappa shape index (κ3) is 6.68. The van der Waals surface area contributed by atoms with Crippen LogP contribution in [0.3, 0.4) is 0 Å². The molecular formula is C34H41N7O4. The maximum atomic E-state index is 13.2. The minimum atomic E-state index is -1.16. The van der Waals surface area contributed by atoms with Crippen LogP contribution in [-0.4, -0.2) is 89.6 Å². The van der Waals surface area contributed by atoms with Crippen molar-refractivity contribution in [1.82, 2.24) is 25.0 Å². The van der Waals surface area contributed by atoms with E-state index in [9.17, 15) is 14.4 Å². The topological polar surface area (TPSA) is 115 Å². The van der Waals surface area contributed by atoms with Crippen molar-refractivity contribution >= 4 is 40.0 Å². The number of pyridine rings is 1. The summed E-state index contributed by atoms with van der Waals surface area (Å²) < 4.78 is 6.14. The van der Waals surface area contributed by atoms with E-state index in [1.807, 2.05) is 61.5 Å². The molecule has 1 N–H and O–H groups in total. The van der Waals surface area contributed by atoms with Crippen LogP contribution in [0.1, 0.15) is 43.2 Å². The molecule has 1 aliphatic heterocycles. The molecule has 0 saturated heterocycles. The molecule has 2 aromatic heterocycles. The number of benzene rings is 2. The summed E-state index contributed by atoms with van der Waals surface area (Å²) in [6, 6.07) is 17.1. The molecule has 45 heavy (non-hydrogen) atoms. The maximum absolute atomic E-state index is 13.2. The van der Waals surface area contributed by atoms with Crippen molar-refractivity contribution in [2.75, 3.05) is 56.7 Å². The Bertz CT molecular complexity index is 1670. The molecule has 0 saturated carbocycles. The van der Waals surface area contributed by atoms with Gasteiger partial charge in [-0.25, -0.2) is 0 Å². The number of amides is 3. The first kappa shape index (κ1) is 31.6. The van der Waals surface area contributed by atoms with Gasteiger partial charge in [0.25, 0.3) is 5.91 Å². The van der Waals surface area contributed by atoms with Gasteiger partial charge >= 0.3 is 0 Å². The Balaban J connectivity index is 1.22. The fourth-order valence-corrected chi connectivity index (χ4v) is 5.67. The molecular weight excluding hydrogens is 570 g/mol. The summed E-state index contributed by atoms with van der Waals surface area (Å²) in [5, 5.41) is 8.02. The highest BCUT2D eigenvalue weighted by Gasteiger charge is 2.45. The van der Waals surface area contributed by atoms with Crippen LogP contribution in [0.5, 0.6) is 5.75 Å². The normalized spacial score (nSPS) is 14.5. The van der Waals surface area contributed by atoms with Crippen molar-refractivity contribution in [2.45, 2.75) is 33.7 Å².